The van der Waals surface area contributed by atoms with Gasteiger partial charge in [0.15, 0.2) is 5.84 Å². The highest BCUT2D eigenvalue weighted by molar-refractivity contribution is 7.98. The summed E-state index contributed by atoms with van der Waals surface area (Å²) in [5.74, 6) is 2.13. The molecule has 0 unspecified atom stereocenters. The maximum Gasteiger partial charge on any atom is 0.170 e. The zero-order valence-corrected chi connectivity index (χ0v) is 8.92. The molecule has 3 N–H and O–H groups in total. The second-order valence-electron chi connectivity index (χ2n) is 2.78. The lowest BCUT2D eigenvalue weighted by atomic mass is 10.1. The second-order valence-corrected chi connectivity index (χ2v) is 4.05. The molecule has 0 saturated heterocycles. The minimum absolute atomic E-state index is 0.178. The molecule has 1 rings (SSSR count). The Bertz CT molecular complexity index is 326. The van der Waals surface area contributed by atoms with Gasteiger partial charge in [-0.2, -0.15) is 11.8 Å². The molecular weight excluding hydrogens is 196 g/mol. The van der Waals surface area contributed by atoms with E-state index in [1.54, 1.807) is 0 Å². The first-order valence-electron chi connectivity index (χ1n) is 4.43. The summed E-state index contributed by atoms with van der Waals surface area (Å²) in [7, 11) is 0. The van der Waals surface area contributed by atoms with Crippen LogP contribution in [0.25, 0.3) is 0 Å². The minimum Gasteiger partial charge on any atom is -0.409 e. The first-order chi connectivity index (χ1) is 6.79. The predicted octanol–water partition coefficient (Wildman–Crippen LogP) is 2.03. The van der Waals surface area contributed by atoms with Crippen molar-refractivity contribution in [2.45, 2.75) is 12.7 Å². The van der Waals surface area contributed by atoms with Gasteiger partial charge in [0, 0.05) is 11.3 Å². The van der Waals surface area contributed by atoms with Crippen LogP contribution in [0.3, 0.4) is 0 Å². The Morgan fingerprint density at radius 1 is 1.50 bits per heavy atom. The summed E-state index contributed by atoms with van der Waals surface area (Å²) in [6.07, 6.45) is 0. The van der Waals surface area contributed by atoms with Crippen LogP contribution >= 0.6 is 11.8 Å². The highest BCUT2D eigenvalue weighted by Gasteiger charge is 2.05. The highest BCUT2D eigenvalue weighted by atomic mass is 32.2. The van der Waals surface area contributed by atoms with Crippen molar-refractivity contribution in [3.8, 4) is 0 Å². The van der Waals surface area contributed by atoms with Gasteiger partial charge in [-0.1, -0.05) is 36.3 Å². The molecule has 0 saturated carbocycles. The second kappa shape index (κ2) is 5.54. The molecule has 0 spiro atoms. The van der Waals surface area contributed by atoms with Crippen LogP contribution in [-0.2, 0) is 5.75 Å². The molecule has 0 radical (unpaired) electrons. The van der Waals surface area contributed by atoms with Crippen molar-refractivity contribution < 1.29 is 5.21 Å². The van der Waals surface area contributed by atoms with Crippen molar-refractivity contribution in [3.05, 3.63) is 35.4 Å². The molecule has 0 amide bonds. The quantitative estimate of drug-likeness (QED) is 0.346. The maximum absolute atomic E-state index is 8.59. The smallest absolute Gasteiger partial charge is 0.170 e. The molecule has 3 nitrogen and oxygen atoms in total. The zero-order chi connectivity index (χ0) is 10.4. The summed E-state index contributed by atoms with van der Waals surface area (Å²) in [6, 6.07) is 7.70. The largest absolute Gasteiger partial charge is 0.409 e. The van der Waals surface area contributed by atoms with Gasteiger partial charge in [-0.15, -0.1) is 0 Å². The molecule has 1 aromatic carbocycles. The average Bonchev–Trinajstić information content (AvgIpc) is 2.25. The van der Waals surface area contributed by atoms with Crippen molar-refractivity contribution in [2.75, 3.05) is 5.75 Å². The molecule has 0 fully saturated rings. The minimum atomic E-state index is 0.178. The third kappa shape index (κ3) is 2.67. The molecule has 0 aliphatic rings. The number of amidine groups is 1. The fourth-order valence-electron chi connectivity index (χ4n) is 1.16. The lowest BCUT2D eigenvalue weighted by molar-refractivity contribution is 0.318. The standard InChI is InChI=1S/C10H14N2OS/c1-2-14-7-8-5-3-4-6-9(8)10(11)12-13/h3-6,13H,2,7H2,1H3,(H2,11,12). The van der Waals surface area contributed by atoms with E-state index in [0.29, 0.717) is 0 Å². The lowest BCUT2D eigenvalue weighted by Crippen LogP contribution is -2.15. The summed E-state index contributed by atoms with van der Waals surface area (Å²) in [6.45, 7) is 2.11. The Kier molecular flexibility index (Phi) is 4.32. The topological polar surface area (TPSA) is 58.6 Å². The van der Waals surface area contributed by atoms with Crippen LogP contribution in [0.4, 0.5) is 0 Å². The molecule has 0 aromatic heterocycles. The van der Waals surface area contributed by atoms with Crippen LogP contribution < -0.4 is 5.73 Å². The van der Waals surface area contributed by atoms with Gasteiger partial charge >= 0.3 is 0 Å². The molecule has 0 heterocycles. The van der Waals surface area contributed by atoms with E-state index in [1.807, 2.05) is 36.0 Å². The number of thioether (sulfide) groups is 1. The van der Waals surface area contributed by atoms with E-state index in [2.05, 4.69) is 12.1 Å². The number of nitrogens with zero attached hydrogens (tertiary/aromatic N) is 1. The SMILES string of the molecule is CCSCc1ccccc1/C(N)=N/O. The summed E-state index contributed by atoms with van der Waals surface area (Å²) in [4.78, 5) is 0. The van der Waals surface area contributed by atoms with Gasteiger partial charge in [0.25, 0.3) is 0 Å². The van der Waals surface area contributed by atoms with Crippen molar-refractivity contribution in [1.29, 1.82) is 0 Å². The molecular formula is C10H14N2OS. The summed E-state index contributed by atoms with van der Waals surface area (Å²) >= 11 is 1.81. The Morgan fingerprint density at radius 2 is 2.21 bits per heavy atom. The summed E-state index contributed by atoms with van der Waals surface area (Å²) < 4.78 is 0. The van der Waals surface area contributed by atoms with E-state index in [0.717, 1.165) is 22.6 Å². The Balaban J connectivity index is 2.91. The monoisotopic (exact) mass is 210 g/mol. The fourth-order valence-corrected chi connectivity index (χ4v) is 1.84. The molecule has 4 heteroatoms. The van der Waals surface area contributed by atoms with Crippen LogP contribution in [0.1, 0.15) is 18.1 Å². The van der Waals surface area contributed by atoms with Gasteiger partial charge in [-0.05, 0) is 11.3 Å². The van der Waals surface area contributed by atoms with Crippen molar-refractivity contribution in [1.82, 2.24) is 0 Å². The third-order valence-electron chi connectivity index (χ3n) is 1.86. The molecule has 14 heavy (non-hydrogen) atoms. The number of benzene rings is 1. The van der Waals surface area contributed by atoms with Crippen LogP contribution in [0, 0.1) is 0 Å². The van der Waals surface area contributed by atoms with Gasteiger partial charge in [0.1, 0.15) is 0 Å². The number of hydrogen-bond acceptors (Lipinski definition) is 3. The Hall–Kier alpha value is -1.16. The highest BCUT2D eigenvalue weighted by Crippen LogP contribution is 2.15. The van der Waals surface area contributed by atoms with Gasteiger partial charge in [-0.25, -0.2) is 0 Å². The van der Waals surface area contributed by atoms with E-state index < -0.39 is 0 Å². The first-order valence-corrected chi connectivity index (χ1v) is 5.58. The van der Waals surface area contributed by atoms with Gasteiger partial charge in [0.05, 0.1) is 0 Å². The van der Waals surface area contributed by atoms with Gasteiger partial charge in [-0.3, -0.25) is 0 Å². The van der Waals surface area contributed by atoms with Gasteiger partial charge in [0.2, 0.25) is 0 Å². The Morgan fingerprint density at radius 3 is 2.86 bits per heavy atom. The van der Waals surface area contributed by atoms with Gasteiger partial charge < -0.3 is 10.9 Å². The average molecular weight is 210 g/mol. The Labute approximate surface area is 88.0 Å². The van der Waals surface area contributed by atoms with Crippen molar-refractivity contribution >= 4 is 17.6 Å². The predicted molar refractivity (Wildman–Crippen MR) is 60.8 cm³/mol. The zero-order valence-electron chi connectivity index (χ0n) is 8.10. The molecule has 0 atom stereocenters. The maximum atomic E-state index is 8.59. The lowest BCUT2D eigenvalue weighted by Gasteiger charge is -2.06. The van der Waals surface area contributed by atoms with Crippen molar-refractivity contribution in [2.24, 2.45) is 10.9 Å². The van der Waals surface area contributed by atoms with E-state index in [-0.39, 0.29) is 5.84 Å². The molecule has 76 valence electrons. The van der Waals surface area contributed by atoms with E-state index >= 15 is 0 Å². The number of rotatable bonds is 4. The third-order valence-corrected chi connectivity index (χ3v) is 2.79. The van der Waals surface area contributed by atoms with E-state index in [9.17, 15) is 0 Å². The number of oxime groups is 1. The van der Waals surface area contributed by atoms with E-state index in [4.69, 9.17) is 10.9 Å². The fraction of sp³-hybridized carbons (Fsp3) is 0.300. The van der Waals surface area contributed by atoms with Crippen LogP contribution in [0.15, 0.2) is 29.4 Å². The molecule has 0 bridgehead atoms. The summed E-state index contributed by atoms with van der Waals surface area (Å²) in [5, 5.41) is 11.6. The number of nitrogens with two attached hydrogens (primary N) is 1. The first kappa shape index (κ1) is 10.9. The normalized spacial score (nSPS) is 11.6. The van der Waals surface area contributed by atoms with Crippen LogP contribution in [0.2, 0.25) is 0 Å². The molecule has 0 aliphatic heterocycles. The van der Waals surface area contributed by atoms with Crippen LogP contribution in [0.5, 0.6) is 0 Å². The van der Waals surface area contributed by atoms with E-state index in [1.165, 1.54) is 0 Å². The molecule has 0 aliphatic carbocycles. The summed E-state index contributed by atoms with van der Waals surface area (Å²) in [5.41, 5.74) is 7.48. The van der Waals surface area contributed by atoms with Crippen LogP contribution in [-0.4, -0.2) is 16.8 Å². The molecule has 1 aromatic rings. The number of hydrogen-bond donors (Lipinski definition) is 2. The van der Waals surface area contributed by atoms with Crippen molar-refractivity contribution in [3.63, 3.8) is 0 Å².